The van der Waals surface area contributed by atoms with Crippen molar-refractivity contribution < 1.29 is 9.90 Å². The van der Waals surface area contributed by atoms with Gasteiger partial charge in [-0.2, -0.15) is 0 Å². The maximum absolute atomic E-state index is 13.3. The molecule has 3 rings (SSSR count). The van der Waals surface area contributed by atoms with Crippen LogP contribution in [0, 0.1) is 0 Å². The van der Waals surface area contributed by atoms with E-state index in [1.54, 1.807) is 0 Å². The standard InChI is InChI=1S/C25H28O2/c1-24(2,3)20-14-19(15-21(23(20)27)25(4,5)6)22(26)18-12-11-16-9-7-8-10-17(16)13-18/h7-15,27H,1-6H3. The lowest BCUT2D eigenvalue weighted by atomic mass is 9.77. The molecule has 0 unspecified atom stereocenters. The van der Waals surface area contributed by atoms with Gasteiger partial charge in [-0.05, 0) is 39.8 Å². The lowest BCUT2D eigenvalue weighted by Crippen LogP contribution is -2.19. The van der Waals surface area contributed by atoms with E-state index >= 15 is 0 Å². The number of phenolic OH excluding ortho intramolecular Hbond substituents is 1. The van der Waals surface area contributed by atoms with Crippen LogP contribution in [0.4, 0.5) is 0 Å². The average molecular weight is 360 g/mol. The van der Waals surface area contributed by atoms with E-state index in [0.717, 1.165) is 21.9 Å². The molecule has 0 heterocycles. The lowest BCUT2D eigenvalue weighted by molar-refractivity contribution is 0.103. The first kappa shape index (κ1) is 19.2. The second-order valence-corrected chi connectivity index (χ2v) is 9.31. The van der Waals surface area contributed by atoms with Crippen LogP contribution in [0.15, 0.2) is 54.6 Å². The molecule has 140 valence electrons. The molecule has 0 saturated heterocycles. The van der Waals surface area contributed by atoms with Gasteiger partial charge in [0.25, 0.3) is 0 Å². The van der Waals surface area contributed by atoms with Crippen molar-refractivity contribution in [1.82, 2.24) is 0 Å². The minimum atomic E-state index is -0.260. The second kappa shape index (κ2) is 6.53. The van der Waals surface area contributed by atoms with Crippen molar-refractivity contribution >= 4 is 16.6 Å². The summed E-state index contributed by atoms with van der Waals surface area (Å²) in [6, 6.07) is 17.5. The Morgan fingerprint density at radius 1 is 0.704 bits per heavy atom. The van der Waals surface area contributed by atoms with Gasteiger partial charge in [0.15, 0.2) is 5.78 Å². The summed E-state index contributed by atoms with van der Waals surface area (Å²) >= 11 is 0. The van der Waals surface area contributed by atoms with Crippen LogP contribution in [0.1, 0.15) is 68.6 Å². The third-order valence-corrected chi connectivity index (χ3v) is 5.00. The predicted octanol–water partition coefficient (Wildman–Crippen LogP) is 6.37. The Bertz CT molecular complexity index is 979. The second-order valence-electron chi connectivity index (χ2n) is 9.31. The molecule has 27 heavy (non-hydrogen) atoms. The fourth-order valence-electron chi connectivity index (χ4n) is 3.41. The quantitative estimate of drug-likeness (QED) is 0.539. The zero-order valence-corrected chi connectivity index (χ0v) is 17.1. The zero-order chi connectivity index (χ0) is 20.0. The van der Waals surface area contributed by atoms with Gasteiger partial charge in [0, 0.05) is 22.3 Å². The predicted molar refractivity (Wildman–Crippen MR) is 113 cm³/mol. The molecule has 0 fully saturated rings. The number of hydrogen-bond donors (Lipinski definition) is 1. The number of fused-ring (bicyclic) bond motifs is 1. The summed E-state index contributed by atoms with van der Waals surface area (Å²) in [5, 5.41) is 13.0. The number of ketones is 1. The normalized spacial score (nSPS) is 12.4. The van der Waals surface area contributed by atoms with Gasteiger partial charge in [0.05, 0.1) is 0 Å². The van der Waals surface area contributed by atoms with E-state index in [2.05, 4.69) is 41.5 Å². The molecule has 0 aliphatic heterocycles. The molecule has 0 bridgehead atoms. The summed E-state index contributed by atoms with van der Waals surface area (Å²) in [5.74, 6) is 0.279. The fourth-order valence-corrected chi connectivity index (χ4v) is 3.41. The molecule has 1 N–H and O–H groups in total. The van der Waals surface area contributed by atoms with Gasteiger partial charge in [-0.1, -0.05) is 77.9 Å². The van der Waals surface area contributed by atoms with Crippen molar-refractivity contribution in [3.05, 3.63) is 76.9 Å². The minimum absolute atomic E-state index is 0.0169. The average Bonchev–Trinajstić information content (AvgIpc) is 2.59. The number of rotatable bonds is 2. The van der Waals surface area contributed by atoms with Gasteiger partial charge < -0.3 is 5.11 Å². The van der Waals surface area contributed by atoms with Crippen molar-refractivity contribution in [3.8, 4) is 5.75 Å². The highest BCUT2D eigenvalue weighted by Gasteiger charge is 2.28. The van der Waals surface area contributed by atoms with Crippen molar-refractivity contribution in [3.63, 3.8) is 0 Å². The largest absolute Gasteiger partial charge is 0.507 e. The monoisotopic (exact) mass is 360 g/mol. The SMILES string of the molecule is CC(C)(C)c1cc(C(=O)c2ccc3ccccc3c2)cc(C(C)(C)C)c1O. The molecule has 0 radical (unpaired) electrons. The van der Waals surface area contributed by atoms with Crippen LogP contribution >= 0.6 is 0 Å². The first-order chi connectivity index (χ1) is 12.5. The minimum Gasteiger partial charge on any atom is -0.507 e. The first-order valence-electron chi connectivity index (χ1n) is 9.40. The molecule has 2 nitrogen and oxygen atoms in total. The Labute approximate surface area is 161 Å². The van der Waals surface area contributed by atoms with Gasteiger partial charge in [-0.15, -0.1) is 0 Å². The molecule has 0 aliphatic rings. The topological polar surface area (TPSA) is 37.3 Å². The maximum Gasteiger partial charge on any atom is 0.193 e. The molecule has 0 amide bonds. The van der Waals surface area contributed by atoms with E-state index in [0.29, 0.717) is 16.9 Å². The molecule has 0 aliphatic carbocycles. The smallest absolute Gasteiger partial charge is 0.193 e. The van der Waals surface area contributed by atoms with Crippen LogP contribution < -0.4 is 0 Å². The van der Waals surface area contributed by atoms with Crippen molar-refractivity contribution in [2.45, 2.75) is 52.4 Å². The highest BCUT2D eigenvalue weighted by atomic mass is 16.3. The van der Waals surface area contributed by atoms with Crippen molar-refractivity contribution in [2.75, 3.05) is 0 Å². The highest BCUT2D eigenvalue weighted by Crippen LogP contribution is 2.40. The molecule has 0 atom stereocenters. The maximum atomic E-state index is 13.3. The number of phenols is 1. The van der Waals surface area contributed by atoms with Gasteiger partial charge >= 0.3 is 0 Å². The van der Waals surface area contributed by atoms with E-state index in [9.17, 15) is 9.90 Å². The molecule has 2 heteroatoms. The summed E-state index contributed by atoms with van der Waals surface area (Å²) in [4.78, 5) is 13.3. The van der Waals surface area contributed by atoms with Gasteiger partial charge in [-0.3, -0.25) is 4.79 Å². The molecular weight excluding hydrogens is 332 g/mol. The Morgan fingerprint density at radius 2 is 1.22 bits per heavy atom. The summed E-state index contributed by atoms with van der Waals surface area (Å²) < 4.78 is 0. The summed E-state index contributed by atoms with van der Waals surface area (Å²) in [7, 11) is 0. The third kappa shape index (κ3) is 3.75. The highest BCUT2D eigenvalue weighted by molar-refractivity contribution is 6.11. The van der Waals surface area contributed by atoms with Crippen LogP contribution in [-0.2, 0) is 10.8 Å². The molecule has 3 aromatic rings. The van der Waals surface area contributed by atoms with E-state index in [1.807, 2.05) is 54.6 Å². The van der Waals surface area contributed by atoms with Gasteiger partial charge in [0.2, 0.25) is 0 Å². The first-order valence-corrected chi connectivity index (χ1v) is 9.40. The summed E-state index contributed by atoms with van der Waals surface area (Å²) in [6.45, 7) is 12.3. The van der Waals surface area contributed by atoms with E-state index in [1.165, 1.54) is 0 Å². The molecular formula is C25H28O2. The van der Waals surface area contributed by atoms with Crippen LogP contribution in [0.3, 0.4) is 0 Å². The number of carbonyl (C=O) groups excluding carboxylic acids is 1. The number of aromatic hydroxyl groups is 1. The molecule has 0 saturated carbocycles. The van der Waals surface area contributed by atoms with Crippen LogP contribution in [0.5, 0.6) is 5.75 Å². The van der Waals surface area contributed by atoms with Crippen molar-refractivity contribution in [1.29, 1.82) is 0 Å². The van der Waals surface area contributed by atoms with Crippen LogP contribution in [0.25, 0.3) is 10.8 Å². The Hall–Kier alpha value is -2.61. The zero-order valence-electron chi connectivity index (χ0n) is 17.1. The third-order valence-electron chi connectivity index (χ3n) is 5.00. The Kier molecular flexibility index (Phi) is 4.63. The lowest BCUT2D eigenvalue weighted by Gasteiger charge is -2.28. The number of benzene rings is 3. The fraction of sp³-hybridized carbons (Fsp3) is 0.320. The van der Waals surface area contributed by atoms with E-state index in [-0.39, 0.29) is 16.6 Å². The molecule has 0 spiro atoms. The molecule has 3 aromatic carbocycles. The van der Waals surface area contributed by atoms with Crippen molar-refractivity contribution in [2.24, 2.45) is 0 Å². The van der Waals surface area contributed by atoms with Crippen LogP contribution in [-0.4, -0.2) is 10.9 Å². The van der Waals surface area contributed by atoms with Gasteiger partial charge in [0.1, 0.15) is 5.75 Å². The van der Waals surface area contributed by atoms with Crippen LogP contribution in [0.2, 0.25) is 0 Å². The number of carbonyl (C=O) groups is 1. The Balaban J connectivity index is 2.18. The Morgan fingerprint density at radius 3 is 1.74 bits per heavy atom. The van der Waals surface area contributed by atoms with E-state index in [4.69, 9.17) is 0 Å². The van der Waals surface area contributed by atoms with Gasteiger partial charge in [-0.25, -0.2) is 0 Å². The summed E-state index contributed by atoms with van der Waals surface area (Å²) in [6.07, 6.45) is 0. The molecule has 0 aromatic heterocycles. The number of hydrogen-bond acceptors (Lipinski definition) is 2. The van der Waals surface area contributed by atoms with E-state index < -0.39 is 0 Å². The summed E-state index contributed by atoms with van der Waals surface area (Å²) in [5.41, 5.74) is 2.38.